The van der Waals surface area contributed by atoms with E-state index < -0.39 is 0 Å². The van der Waals surface area contributed by atoms with E-state index >= 15 is 0 Å². The van der Waals surface area contributed by atoms with Crippen molar-refractivity contribution in [2.75, 3.05) is 12.3 Å². The summed E-state index contributed by atoms with van der Waals surface area (Å²) in [7, 11) is 0. The summed E-state index contributed by atoms with van der Waals surface area (Å²) in [5.41, 5.74) is 5.41. The van der Waals surface area contributed by atoms with E-state index in [0.29, 0.717) is 0 Å². The van der Waals surface area contributed by atoms with Crippen LogP contribution in [-0.2, 0) is 12.6 Å². The summed E-state index contributed by atoms with van der Waals surface area (Å²) in [5, 5.41) is 0. The first kappa shape index (κ1) is 13.3. The summed E-state index contributed by atoms with van der Waals surface area (Å²) >= 11 is 4.89. The van der Waals surface area contributed by atoms with Crippen LogP contribution in [-0.4, -0.2) is 12.3 Å². The van der Waals surface area contributed by atoms with E-state index in [1.54, 1.807) is 0 Å². The van der Waals surface area contributed by atoms with Gasteiger partial charge < -0.3 is 18.4 Å². The van der Waals surface area contributed by atoms with Gasteiger partial charge in [-0.25, -0.2) is 0 Å². The van der Waals surface area contributed by atoms with Crippen molar-refractivity contribution in [1.29, 1.82) is 0 Å². The lowest BCUT2D eigenvalue weighted by molar-refractivity contribution is 0.568. The zero-order valence-electron chi connectivity index (χ0n) is 8.76. The van der Waals surface area contributed by atoms with Crippen molar-refractivity contribution in [2.24, 2.45) is 5.73 Å². The molecule has 0 saturated carbocycles. The zero-order valence-corrected chi connectivity index (χ0v) is 9.58. The minimum Gasteiger partial charge on any atom is -0.793 e. The van der Waals surface area contributed by atoms with Gasteiger partial charge in [0.1, 0.15) is 0 Å². The van der Waals surface area contributed by atoms with Crippen molar-refractivity contribution in [3.8, 4) is 0 Å². The topological polar surface area (TPSA) is 26.0 Å². The fourth-order valence-electron chi connectivity index (χ4n) is 1.48. The maximum atomic E-state index is 5.41. The van der Waals surface area contributed by atoms with Crippen LogP contribution < -0.4 is 5.73 Å². The summed E-state index contributed by atoms with van der Waals surface area (Å²) in [6, 6.07) is 0. The van der Waals surface area contributed by atoms with Gasteiger partial charge in [0.05, 0.1) is 0 Å². The Balaban J connectivity index is 2.76. The highest BCUT2D eigenvalue weighted by atomic mass is 32.1. The van der Waals surface area contributed by atoms with E-state index in [-0.39, 0.29) is 0 Å². The second-order valence-electron chi connectivity index (χ2n) is 3.67. The molecule has 0 aliphatic heterocycles. The molecule has 1 nitrogen and oxygen atoms in total. The van der Waals surface area contributed by atoms with Crippen molar-refractivity contribution in [1.82, 2.24) is 0 Å². The first-order chi connectivity index (χ1) is 6.41. The van der Waals surface area contributed by atoms with Crippen molar-refractivity contribution in [3.63, 3.8) is 0 Å². The van der Waals surface area contributed by atoms with Crippen LogP contribution in [0.25, 0.3) is 0 Å². The van der Waals surface area contributed by atoms with Gasteiger partial charge in [-0.3, -0.25) is 0 Å². The molecule has 2 heteroatoms. The molecule has 0 rings (SSSR count). The Hall–Kier alpha value is 0.310. The van der Waals surface area contributed by atoms with Crippen LogP contribution in [0.3, 0.4) is 0 Å². The van der Waals surface area contributed by atoms with Crippen LogP contribution >= 0.6 is 0 Å². The fraction of sp³-hybridized carbons (Fsp3) is 1.00. The second-order valence-corrected chi connectivity index (χ2v) is 4.08. The van der Waals surface area contributed by atoms with Gasteiger partial charge >= 0.3 is 0 Å². The predicted molar refractivity (Wildman–Crippen MR) is 62.8 cm³/mol. The first-order valence-electron chi connectivity index (χ1n) is 5.70. The number of hydrogen-bond acceptors (Lipinski definition) is 2. The average Bonchev–Trinajstić information content (AvgIpc) is 2.16. The molecule has 0 radical (unpaired) electrons. The minimum atomic E-state index is 0.860. The van der Waals surface area contributed by atoms with E-state index in [9.17, 15) is 0 Å². The Kier molecular flexibility index (Phi) is 12.6. The number of unbranched alkanes of at least 4 members (excludes halogenated alkanes) is 8. The highest BCUT2D eigenvalue weighted by Gasteiger charge is 1.90. The van der Waals surface area contributed by atoms with Crippen molar-refractivity contribution in [2.45, 2.75) is 57.8 Å². The molecule has 2 N–H and O–H groups in total. The van der Waals surface area contributed by atoms with Gasteiger partial charge in [0, 0.05) is 0 Å². The van der Waals surface area contributed by atoms with E-state index in [4.69, 9.17) is 18.4 Å². The maximum absolute atomic E-state index is 5.41. The average molecular weight is 202 g/mol. The molecule has 0 aromatic heterocycles. The molecule has 0 aromatic carbocycles. The lowest BCUT2D eigenvalue weighted by atomic mass is 10.1. The first-order valence-corrected chi connectivity index (χ1v) is 6.27. The number of nitrogens with two attached hydrogens (primary N) is 1. The van der Waals surface area contributed by atoms with Crippen molar-refractivity contribution in [3.05, 3.63) is 0 Å². The third kappa shape index (κ3) is 12.3. The summed E-state index contributed by atoms with van der Waals surface area (Å²) in [5.74, 6) is 0.941. The van der Waals surface area contributed by atoms with Gasteiger partial charge in [0.2, 0.25) is 0 Å². The van der Waals surface area contributed by atoms with E-state index in [0.717, 1.165) is 12.3 Å². The monoisotopic (exact) mass is 202 g/mol. The Bertz CT molecular complexity index is 76.2. The zero-order chi connectivity index (χ0) is 9.78. The van der Waals surface area contributed by atoms with Crippen LogP contribution in [0, 0.1) is 0 Å². The number of rotatable bonds is 10. The second kappa shape index (κ2) is 12.3. The smallest absolute Gasteiger partial charge is 0.00773 e. The standard InChI is InChI=1S/C11H25NS/c12-10-8-6-4-2-1-3-5-7-9-11-13/h13H,1-12H2/p-1. The summed E-state index contributed by atoms with van der Waals surface area (Å²) in [6.07, 6.45) is 12.1. The van der Waals surface area contributed by atoms with Crippen LogP contribution in [0.15, 0.2) is 0 Å². The molecule has 0 fully saturated rings. The highest BCUT2D eigenvalue weighted by Crippen LogP contribution is 2.08. The van der Waals surface area contributed by atoms with E-state index in [1.807, 2.05) is 0 Å². The molecule has 0 amide bonds. The SMILES string of the molecule is NCCCCCCCCCCC[S-]. The summed E-state index contributed by atoms with van der Waals surface area (Å²) < 4.78 is 0. The Morgan fingerprint density at radius 1 is 0.615 bits per heavy atom. The molecule has 0 bridgehead atoms. The molecule has 0 heterocycles. The van der Waals surface area contributed by atoms with Gasteiger partial charge in [0.25, 0.3) is 0 Å². The molecule has 0 atom stereocenters. The molecule has 0 spiro atoms. The fourth-order valence-corrected chi connectivity index (χ4v) is 1.69. The van der Waals surface area contributed by atoms with Gasteiger partial charge in [0.15, 0.2) is 0 Å². The predicted octanol–water partition coefficient (Wildman–Crippen LogP) is 3.00. The Labute approximate surface area is 88.9 Å². The normalized spacial score (nSPS) is 10.6. The maximum Gasteiger partial charge on any atom is -0.00773 e. The van der Waals surface area contributed by atoms with Crippen molar-refractivity contribution < 1.29 is 0 Å². The van der Waals surface area contributed by atoms with E-state index in [2.05, 4.69) is 0 Å². The van der Waals surface area contributed by atoms with E-state index in [1.165, 1.54) is 57.8 Å². The quantitative estimate of drug-likeness (QED) is 0.435. The Morgan fingerprint density at radius 2 is 1.00 bits per heavy atom. The lowest BCUT2D eigenvalue weighted by Crippen LogP contribution is -1.97. The molecule has 80 valence electrons. The van der Waals surface area contributed by atoms with Gasteiger partial charge in [-0.15, -0.1) is 0 Å². The van der Waals surface area contributed by atoms with Gasteiger partial charge in [-0.2, -0.15) is 5.75 Å². The summed E-state index contributed by atoms with van der Waals surface area (Å²) in [4.78, 5) is 0. The molecule has 0 aromatic rings. The third-order valence-electron chi connectivity index (χ3n) is 2.35. The Morgan fingerprint density at radius 3 is 1.38 bits per heavy atom. The largest absolute Gasteiger partial charge is 0.793 e. The lowest BCUT2D eigenvalue weighted by Gasteiger charge is -2.03. The van der Waals surface area contributed by atoms with Crippen molar-refractivity contribution >= 4 is 12.6 Å². The summed E-state index contributed by atoms with van der Waals surface area (Å²) in [6.45, 7) is 0.860. The number of hydrogen-bond donors (Lipinski definition) is 1. The van der Waals surface area contributed by atoms with Crippen LogP contribution in [0.2, 0.25) is 0 Å². The molecular weight excluding hydrogens is 178 g/mol. The molecule has 0 aliphatic carbocycles. The van der Waals surface area contributed by atoms with Crippen LogP contribution in [0.1, 0.15) is 57.8 Å². The van der Waals surface area contributed by atoms with Crippen LogP contribution in [0.5, 0.6) is 0 Å². The van der Waals surface area contributed by atoms with Gasteiger partial charge in [-0.05, 0) is 13.0 Å². The molecule has 0 aliphatic rings. The minimum absolute atomic E-state index is 0.860. The highest BCUT2D eigenvalue weighted by molar-refractivity contribution is 7.58. The molecular formula is C11H24NS-. The van der Waals surface area contributed by atoms with Gasteiger partial charge in [-0.1, -0.05) is 51.4 Å². The molecule has 13 heavy (non-hydrogen) atoms. The molecule has 0 unspecified atom stereocenters. The van der Waals surface area contributed by atoms with Crippen LogP contribution in [0.4, 0.5) is 0 Å². The molecule has 0 saturated heterocycles. The third-order valence-corrected chi connectivity index (χ3v) is 2.64.